The summed E-state index contributed by atoms with van der Waals surface area (Å²) in [5, 5.41) is 0. The van der Waals surface area contributed by atoms with E-state index < -0.39 is 10.1 Å². The number of hydrogen-bond acceptors (Lipinski definition) is 3. The number of rotatable bonds is 8. The Morgan fingerprint density at radius 1 is 1.05 bits per heavy atom. The van der Waals surface area contributed by atoms with E-state index in [1.54, 1.807) is 6.07 Å². The summed E-state index contributed by atoms with van der Waals surface area (Å²) in [6.07, 6.45) is 8.07. The second-order valence-electron chi connectivity index (χ2n) is 4.62. The molecule has 0 fully saturated rings. The second kappa shape index (κ2) is 10.5. The van der Waals surface area contributed by atoms with Crippen LogP contribution >= 0.6 is 0 Å². The van der Waals surface area contributed by atoms with Gasteiger partial charge in [0, 0.05) is 0 Å². The molecule has 0 saturated heterocycles. The predicted octanol–water partition coefficient (Wildman–Crippen LogP) is 0.498. The zero-order valence-electron chi connectivity index (χ0n) is 11.9. The van der Waals surface area contributed by atoms with E-state index in [0.29, 0.717) is 0 Å². The monoisotopic (exact) mass is 308 g/mol. The van der Waals surface area contributed by atoms with Gasteiger partial charge >= 0.3 is 51.4 Å². The predicted molar refractivity (Wildman–Crippen MR) is 71.5 cm³/mol. The van der Waals surface area contributed by atoms with Crippen LogP contribution in [0.25, 0.3) is 0 Å². The van der Waals surface area contributed by atoms with Crippen LogP contribution in [0.2, 0.25) is 0 Å². The van der Waals surface area contributed by atoms with Gasteiger partial charge in [-0.1, -0.05) is 51.2 Å². The molecule has 0 aliphatic heterocycles. The van der Waals surface area contributed by atoms with Crippen LogP contribution in [0.3, 0.4) is 0 Å². The Kier molecular flexibility index (Phi) is 10.9. The molecule has 1 aromatic carbocycles. The maximum Gasteiger partial charge on any atom is 1.00 e. The largest absolute Gasteiger partial charge is 1.00 e. The van der Waals surface area contributed by atoms with Gasteiger partial charge in [0.25, 0.3) is 0 Å². The molecule has 0 saturated carbocycles. The zero-order valence-corrected chi connectivity index (χ0v) is 15.8. The minimum absolute atomic E-state index is 0. The molecular weight excluding hydrogens is 287 g/mol. The fourth-order valence-corrected chi connectivity index (χ4v) is 2.51. The van der Waals surface area contributed by atoms with E-state index in [4.69, 9.17) is 0 Å². The first-order chi connectivity index (χ1) is 8.54. The van der Waals surface area contributed by atoms with Gasteiger partial charge in [-0.15, -0.1) is 0 Å². The Morgan fingerprint density at radius 3 is 2.32 bits per heavy atom. The van der Waals surface area contributed by atoms with Gasteiger partial charge in [-0.2, -0.15) is 0 Å². The van der Waals surface area contributed by atoms with Crippen molar-refractivity contribution in [2.75, 3.05) is 0 Å². The van der Waals surface area contributed by atoms with Gasteiger partial charge < -0.3 is 4.55 Å². The Bertz CT molecular complexity index is 458. The van der Waals surface area contributed by atoms with Gasteiger partial charge in [0.05, 0.1) is 4.90 Å². The summed E-state index contributed by atoms with van der Waals surface area (Å²) in [4.78, 5) is -0.119. The Hall–Kier alpha value is 0.766. The molecule has 1 rings (SSSR count). The average Bonchev–Trinajstić information content (AvgIpc) is 2.33. The molecule has 0 spiro atoms. The molecule has 0 bridgehead atoms. The standard InChI is InChI=1S/C14H22O3S.K/c1-2-3-4-5-6-7-9-13-10-8-11-14(12-13)18(15,16)17;/h8,10-12H,2-7,9H2,1H3,(H,15,16,17);/q;+1/p-1. The smallest absolute Gasteiger partial charge is 0.744 e. The molecule has 0 atom stereocenters. The maximum absolute atomic E-state index is 10.9. The van der Waals surface area contributed by atoms with Crippen molar-refractivity contribution in [2.24, 2.45) is 0 Å². The molecule has 0 aromatic heterocycles. The molecule has 1 aromatic rings. The van der Waals surface area contributed by atoms with E-state index in [-0.39, 0.29) is 56.3 Å². The first-order valence-electron chi connectivity index (χ1n) is 6.59. The van der Waals surface area contributed by atoms with Gasteiger partial charge in [0.15, 0.2) is 0 Å². The quantitative estimate of drug-likeness (QED) is 0.399. The van der Waals surface area contributed by atoms with Crippen molar-refractivity contribution < 1.29 is 64.4 Å². The molecule has 102 valence electrons. The molecular formula is C14H21KO3S. The van der Waals surface area contributed by atoms with E-state index in [1.165, 1.54) is 37.8 Å². The van der Waals surface area contributed by atoms with Gasteiger partial charge in [-0.3, -0.25) is 0 Å². The Balaban J connectivity index is 0.00000324. The van der Waals surface area contributed by atoms with Gasteiger partial charge in [-0.05, 0) is 30.5 Å². The van der Waals surface area contributed by atoms with Crippen molar-refractivity contribution in [2.45, 2.75) is 56.8 Å². The van der Waals surface area contributed by atoms with E-state index in [9.17, 15) is 13.0 Å². The summed E-state index contributed by atoms with van der Waals surface area (Å²) in [6.45, 7) is 2.19. The van der Waals surface area contributed by atoms with Crippen LogP contribution in [0.5, 0.6) is 0 Å². The van der Waals surface area contributed by atoms with Crippen LogP contribution in [0, 0.1) is 0 Å². The number of benzene rings is 1. The van der Waals surface area contributed by atoms with Crippen LogP contribution in [-0.2, 0) is 16.5 Å². The van der Waals surface area contributed by atoms with E-state index in [1.807, 2.05) is 6.07 Å². The molecule has 0 aliphatic carbocycles. The molecule has 3 nitrogen and oxygen atoms in total. The summed E-state index contributed by atoms with van der Waals surface area (Å²) in [5.41, 5.74) is 0.933. The minimum atomic E-state index is -4.32. The van der Waals surface area contributed by atoms with Crippen molar-refractivity contribution in [1.82, 2.24) is 0 Å². The third-order valence-electron chi connectivity index (χ3n) is 3.01. The number of aryl methyl sites for hydroxylation is 1. The number of hydrogen-bond donors (Lipinski definition) is 0. The summed E-state index contributed by atoms with van der Waals surface area (Å²) in [7, 11) is -4.32. The Morgan fingerprint density at radius 2 is 1.68 bits per heavy atom. The van der Waals surface area contributed by atoms with E-state index >= 15 is 0 Å². The Labute approximate surface area is 159 Å². The minimum Gasteiger partial charge on any atom is -0.744 e. The zero-order chi connectivity index (χ0) is 13.4. The molecule has 0 radical (unpaired) electrons. The first-order valence-corrected chi connectivity index (χ1v) is 7.99. The molecule has 5 heteroatoms. The third-order valence-corrected chi connectivity index (χ3v) is 3.84. The normalized spacial score (nSPS) is 11.1. The van der Waals surface area contributed by atoms with Gasteiger partial charge in [0.1, 0.15) is 10.1 Å². The fourth-order valence-electron chi connectivity index (χ4n) is 1.97. The van der Waals surface area contributed by atoms with Crippen LogP contribution < -0.4 is 51.4 Å². The van der Waals surface area contributed by atoms with Crippen molar-refractivity contribution in [1.29, 1.82) is 0 Å². The van der Waals surface area contributed by atoms with Crippen molar-refractivity contribution >= 4 is 10.1 Å². The van der Waals surface area contributed by atoms with Crippen molar-refractivity contribution in [3.05, 3.63) is 29.8 Å². The SMILES string of the molecule is CCCCCCCCc1cccc(S(=O)(=O)[O-])c1.[K+]. The first kappa shape index (κ1) is 19.8. The van der Waals surface area contributed by atoms with Crippen LogP contribution in [0.1, 0.15) is 51.0 Å². The topological polar surface area (TPSA) is 57.2 Å². The molecule has 0 amide bonds. The fraction of sp³-hybridized carbons (Fsp3) is 0.571. The van der Waals surface area contributed by atoms with Crippen LogP contribution in [-0.4, -0.2) is 13.0 Å². The molecule has 19 heavy (non-hydrogen) atoms. The summed E-state index contributed by atoms with van der Waals surface area (Å²) < 4.78 is 32.6. The molecule has 0 heterocycles. The molecule has 0 N–H and O–H groups in total. The van der Waals surface area contributed by atoms with Gasteiger partial charge in [-0.25, -0.2) is 8.42 Å². The average molecular weight is 308 g/mol. The number of unbranched alkanes of at least 4 members (excludes halogenated alkanes) is 5. The third kappa shape index (κ3) is 8.60. The van der Waals surface area contributed by atoms with Gasteiger partial charge in [0.2, 0.25) is 0 Å². The summed E-state index contributed by atoms with van der Waals surface area (Å²) in [5.74, 6) is 0. The van der Waals surface area contributed by atoms with E-state index in [2.05, 4.69) is 6.92 Å². The molecule has 0 aliphatic rings. The van der Waals surface area contributed by atoms with Crippen LogP contribution in [0.4, 0.5) is 0 Å². The summed E-state index contributed by atoms with van der Waals surface area (Å²) >= 11 is 0. The maximum atomic E-state index is 10.9. The van der Waals surface area contributed by atoms with E-state index in [0.717, 1.165) is 24.8 Å². The van der Waals surface area contributed by atoms with Crippen molar-refractivity contribution in [3.8, 4) is 0 Å². The van der Waals surface area contributed by atoms with Crippen molar-refractivity contribution in [3.63, 3.8) is 0 Å². The summed E-state index contributed by atoms with van der Waals surface area (Å²) in [6, 6.07) is 6.36. The van der Waals surface area contributed by atoms with Crippen LogP contribution in [0.15, 0.2) is 29.2 Å². The molecule has 0 unspecified atom stereocenters. The second-order valence-corrected chi connectivity index (χ2v) is 6.00.